The number of nitrogens with two attached hydrogens (primary N) is 1. The van der Waals surface area contributed by atoms with Crippen LogP contribution in [0.2, 0.25) is 0 Å². The van der Waals surface area contributed by atoms with Gasteiger partial charge in [0.2, 0.25) is 5.91 Å². The number of carbonyl (C=O) groups excluding carboxylic acids is 2. The van der Waals surface area contributed by atoms with Crippen molar-refractivity contribution in [3.8, 4) is 0 Å². The first-order chi connectivity index (χ1) is 7.31. The van der Waals surface area contributed by atoms with Crippen LogP contribution in [-0.2, 0) is 4.79 Å². The molecular formula is C7H13F3N4O2. The van der Waals surface area contributed by atoms with Gasteiger partial charge in [0.05, 0.1) is 13.1 Å². The summed E-state index contributed by atoms with van der Waals surface area (Å²) in [7, 11) is 0. The van der Waals surface area contributed by atoms with Crippen LogP contribution in [0.25, 0.3) is 0 Å². The van der Waals surface area contributed by atoms with Gasteiger partial charge in [0.1, 0.15) is 0 Å². The van der Waals surface area contributed by atoms with E-state index in [-0.39, 0.29) is 13.1 Å². The third-order valence-electron chi connectivity index (χ3n) is 1.36. The standard InChI is InChI=1S/C7H13F3N4O2/c8-7(9,10)4-12-3-5(15)13-1-2-14-6(11)16/h12H,1-4H2,(H,13,15)(H3,11,14,16). The Bertz CT molecular complexity index is 244. The van der Waals surface area contributed by atoms with E-state index in [4.69, 9.17) is 5.73 Å². The summed E-state index contributed by atoms with van der Waals surface area (Å²) in [6, 6.07) is -0.732. The normalized spacial score (nSPS) is 10.9. The quantitative estimate of drug-likeness (QED) is 0.446. The highest BCUT2D eigenvalue weighted by atomic mass is 19.4. The molecule has 5 N–H and O–H groups in total. The molecule has 0 rings (SSSR count). The van der Waals surface area contributed by atoms with Crippen LogP contribution in [0.4, 0.5) is 18.0 Å². The SMILES string of the molecule is NC(=O)NCCNC(=O)CNCC(F)(F)F. The monoisotopic (exact) mass is 242 g/mol. The van der Waals surface area contributed by atoms with Gasteiger partial charge in [0.15, 0.2) is 0 Å². The molecule has 0 aliphatic rings. The first kappa shape index (κ1) is 14.5. The largest absolute Gasteiger partial charge is 0.401 e. The predicted molar refractivity (Wildman–Crippen MR) is 49.5 cm³/mol. The Morgan fingerprint density at radius 1 is 1.12 bits per heavy atom. The zero-order valence-electron chi connectivity index (χ0n) is 8.36. The first-order valence-electron chi connectivity index (χ1n) is 4.39. The van der Waals surface area contributed by atoms with Crippen LogP contribution in [0.15, 0.2) is 0 Å². The molecule has 0 heterocycles. The molecule has 0 aliphatic carbocycles. The summed E-state index contributed by atoms with van der Waals surface area (Å²) in [5.74, 6) is -0.587. The molecule has 0 bridgehead atoms. The fourth-order valence-electron chi connectivity index (χ4n) is 0.768. The summed E-state index contributed by atoms with van der Waals surface area (Å²) in [5.41, 5.74) is 4.74. The topological polar surface area (TPSA) is 96.2 Å². The van der Waals surface area contributed by atoms with Gasteiger partial charge >= 0.3 is 12.2 Å². The average molecular weight is 242 g/mol. The van der Waals surface area contributed by atoms with Crippen molar-refractivity contribution < 1.29 is 22.8 Å². The second kappa shape index (κ2) is 6.88. The lowest BCUT2D eigenvalue weighted by Crippen LogP contribution is -2.41. The lowest BCUT2D eigenvalue weighted by Gasteiger charge is -2.08. The molecule has 0 saturated heterocycles. The molecule has 0 saturated carbocycles. The first-order valence-corrected chi connectivity index (χ1v) is 4.39. The minimum atomic E-state index is -4.34. The van der Waals surface area contributed by atoms with E-state index in [0.717, 1.165) is 0 Å². The predicted octanol–water partition coefficient (Wildman–Crippen LogP) is -1.08. The second-order valence-electron chi connectivity index (χ2n) is 2.86. The lowest BCUT2D eigenvalue weighted by molar-refractivity contribution is -0.128. The van der Waals surface area contributed by atoms with Crippen LogP contribution in [0.1, 0.15) is 0 Å². The van der Waals surface area contributed by atoms with Gasteiger partial charge in [0, 0.05) is 13.1 Å². The maximum absolute atomic E-state index is 11.6. The van der Waals surface area contributed by atoms with Crippen molar-refractivity contribution in [2.24, 2.45) is 5.73 Å². The van der Waals surface area contributed by atoms with E-state index >= 15 is 0 Å². The lowest BCUT2D eigenvalue weighted by atomic mass is 10.5. The number of carbonyl (C=O) groups is 2. The molecule has 0 aromatic rings. The molecule has 3 amide bonds. The van der Waals surface area contributed by atoms with Crippen molar-refractivity contribution in [1.82, 2.24) is 16.0 Å². The van der Waals surface area contributed by atoms with Gasteiger partial charge in [-0.2, -0.15) is 13.2 Å². The van der Waals surface area contributed by atoms with E-state index in [1.165, 1.54) is 0 Å². The summed E-state index contributed by atoms with van der Waals surface area (Å²) in [6.07, 6.45) is -4.34. The molecule has 0 unspecified atom stereocenters. The van der Waals surface area contributed by atoms with Gasteiger partial charge in [0.25, 0.3) is 0 Å². The van der Waals surface area contributed by atoms with E-state index in [0.29, 0.717) is 0 Å². The van der Waals surface area contributed by atoms with Crippen LogP contribution >= 0.6 is 0 Å². The summed E-state index contributed by atoms with van der Waals surface area (Å²) >= 11 is 0. The highest BCUT2D eigenvalue weighted by Gasteiger charge is 2.26. The summed E-state index contributed by atoms with van der Waals surface area (Å²) in [4.78, 5) is 21.1. The molecule has 0 atom stereocenters. The van der Waals surface area contributed by atoms with Gasteiger partial charge in [-0.15, -0.1) is 0 Å². The highest BCUT2D eigenvalue weighted by molar-refractivity contribution is 5.78. The molecular weight excluding hydrogens is 229 g/mol. The van der Waals surface area contributed by atoms with Gasteiger partial charge in [-0.3, -0.25) is 4.79 Å². The van der Waals surface area contributed by atoms with Crippen LogP contribution in [-0.4, -0.2) is 44.3 Å². The molecule has 16 heavy (non-hydrogen) atoms. The Balaban J connectivity index is 3.42. The van der Waals surface area contributed by atoms with E-state index in [1.54, 1.807) is 0 Å². The number of hydrogen-bond acceptors (Lipinski definition) is 3. The van der Waals surface area contributed by atoms with Crippen LogP contribution in [0.5, 0.6) is 0 Å². The van der Waals surface area contributed by atoms with Crippen molar-refractivity contribution >= 4 is 11.9 Å². The van der Waals surface area contributed by atoms with Crippen LogP contribution in [0.3, 0.4) is 0 Å². The Labute approximate surface area is 89.7 Å². The molecule has 94 valence electrons. The minimum Gasteiger partial charge on any atom is -0.353 e. The van der Waals surface area contributed by atoms with E-state index < -0.39 is 31.2 Å². The van der Waals surface area contributed by atoms with Gasteiger partial charge in [-0.25, -0.2) is 4.79 Å². The van der Waals surface area contributed by atoms with Gasteiger partial charge < -0.3 is 21.7 Å². The Morgan fingerprint density at radius 3 is 2.19 bits per heavy atom. The smallest absolute Gasteiger partial charge is 0.353 e. The fraction of sp³-hybridized carbons (Fsp3) is 0.714. The second-order valence-corrected chi connectivity index (χ2v) is 2.86. The highest BCUT2D eigenvalue weighted by Crippen LogP contribution is 2.11. The van der Waals surface area contributed by atoms with E-state index in [1.807, 2.05) is 5.32 Å². The number of rotatable bonds is 6. The molecule has 9 heteroatoms. The molecule has 0 radical (unpaired) electrons. The average Bonchev–Trinajstić information content (AvgIpc) is 2.10. The molecule has 0 spiro atoms. The molecule has 6 nitrogen and oxygen atoms in total. The Kier molecular flexibility index (Phi) is 6.23. The fourth-order valence-corrected chi connectivity index (χ4v) is 0.768. The molecule has 0 aromatic carbocycles. The molecule has 0 aromatic heterocycles. The molecule has 0 fully saturated rings. The maximum Gasteiger partial charge on any atom is 0.401 e. The third kappa shape index (κ3) is 10.6. The van der Waals surface area contributed by atoms with Gasteiger partial charge in [-0.05, 0) is 0 Å². The number of amides is 3. The third-order valence-corrected chi connectivity index (χ3v) is 1.36. The van der Waals surface area contributed by atoms with Crippen molar-refractivity contribution in [1.29, 1.82) is 0 Å². The van der Waals surface area contributed by atoms with Crippen LogP contribution in [0, 0.1) is 0 Å². The Morgan fingerprint density at radius 2 is 1.69 bits per heavy atom. The number of halogens is 3. The molecule has 0 aliphatic heterocycles. The van der Waals surface area contributed by atoms with Crippen molar-refractivity contribution in [3.63, 3.8) is 0 Å². The van der Waals surface area contributed by atoms with E-state index in [2.05, 4.69) is 10.6 Å². The Hall–Kier alpha value is -1.51. The van der Waals surface area contributed by atoms with Gasteiger partial charge in [-0.1, -0.05) is 0 Å². The zero-order valence-corrected chi connectivity index (χ0v) is 8.36. The summed E-state index contributed by atoms with van der Waals surface area (Å²) in [6.45, 7) is -1.42. The number of primary amides is 1. The van der Waals surface area contributed by atoms with E-state index in [9.17, 15) is 22.8 Å². The minimum absolute atomic E-state index is 0.107. The summed E-state index contributed by atoms with van der Waals surface area (Å²) < 4.78 is 34.9. The summed E-state index contributed by atoms with van der Waals surface area (Å²) in [5, 5.41) is 6.42. The van der Waals surface area contributed by atoms with Crippen molar-refractivity contribution in [2.45, 2.75) is 6.18 Å². The maximum atomic E-state index is 11.6. The van der Waals surface area contributed by atoms with Crippen molar-refractivity contribution in [3.05, 3.63) is 0 Å². The number of urea groups is 1. The number of hydrogen-bond donors (Lipinski definition) is 4. The number of alkyl halides is 3. The zero-order chi connectivity index (χ0) is 12.6. The number of nitrogens with one attached hydrogen (secondary N) is 3. The van der Waals surface area contributed by atoms with Crippen LogP contribution < -0.4 is 21.7 Å². The van der Waals surface area contributed by atoms with Crippen molar-refractivity contribution in [2.75, 3.05) is 26.2 Å².